The maximum Gasteiger partial charge on any atom is 0.127 e. The molecule has 20 heavy (non-hydrogen) atoms. The molecule has 1 aromatic carbocycles. The number of thiazole rings is 1. The number of benzene rings is 1. The van der Waals surface area contributed by atoms with Gasteiger partial charge in [-0.1, -0.05) is 18.2 Å². The summed E-state index contributed by atoms with van der Waals surface area (Å²) in [7, 11) is 0. The SMILES string of the molecule is Cc1csc(CC(NN)c2cccc3c2OCCC3)n1. The molecule has 3 N–H and O–H groups in total. The lowest BCUT2D eigenvalue weighted by molar-refractivity contribution is 0.281. The highest BCUT2D eigenvalue weighted by atomic mass is 32.1. The quantitative estimate of drug-likeness (QED) is 0.671. The molecule has 0 bridgehead atoms. The van der Waals surface area contributed by atoms with Gasteiger partial charge in [0.2, 0.25) is 0 Å². The molecule has 0 radical (unpaired) electrons. The van der Waals surface area contributed by atoms with E-state index in [1.54, 1.807) is 11.3 Å². The maximum absolute atomic E-state index is 5.87. The van der Waals surface area contributed by atoms with Gasteiger partial charge < -0.3 is 4.74 Å². The van der Waals surface area contributed by atoms with Gasteiger partial charge in [0.1, 0.15) is 5.75 Å². The van der Waals surface area contributed by atoms with E-state index in [0.29, 0.717) is 0 Å². The topological polar surface area (TPSA) is 60.2 Å². The van der Waals surface area contributed by atoms with Crippen LogP contribution in [0.3, 0.4) is 0 Å². The fraction of sp³-hybridized carbons (Fsp3) is 0.400. The average Bonchev–Trinajstić information content (AvgIpc) is 2.89. The molecule has 3 rings (SSSR count). The van der Waals surface area contributed by atoms with Crippen molar-refractivity contribution >= 4 is 11.3 Å². The Morgan fingerprint density at radius 3 is 3.15 bits per heavy atom. The van der Waals surface area contributed by atoms with Gasteiger partial charge in [-0.15, -0.1) is 11.3 Å². The Morgan fingerprint density at radius 2 is 2.40 bits per heavy atom. The van der Waals surface area contributed by atoms with Gasteiger partial charge in [-0.25, -0.2) is 4.98 Å². The van der Waals surface area contributed by atoms with Crippen LogP contribution >= 0.6 is 11.3 Å². The molecule has 0 aliphatic carbocycles. The van der Waals surface area contributed by atoms with Crippen molar-refractivity contribution in [2.24, 2.45) is 5.84 Å². The highest BCUT2D eigenvalue weighted by Crippen LogP contribution is 2.34. The lowest BCUT2D eigenvalue weighted by atomic mass is 9.97. The Morgan fingerprint density at radius 1 is 1.50 bits per heavy atom. The summed E-state index contributed by atoms with van der Waals surface area (Å²) < 4.78 is 5.87. The molecule has 4 nitrogen and oxygen atoms in total. The normalized spacial score (nSPS) is 15.5. The average molecular weight is 289 g/mol. The third-order valence-electron chi connectivity index (χ3n) is 3.59. The molecule has 1 unspecified atom stereocenters. The summed E-state index contributed by atoms with van der Waals surface area (Å²) >= 11 is 1.68. The van der Waals surface area contributed by atoms with Crippen molar-refractivity contribution in [1.82, 2.24) is 10.4 Å². The van der Waals surface area contributed by atoms with E-state index in [0.717, 1.165) is 47.9 Å². The minimum absolute atomic E-state index is 0.0357. The number of rotatable bonds is 4. The first-order valence-electron chi connectivity index (χ1n) is 6.89. The van der Waals surface area contributed by atoms with Gasteiger partial charge >= 0.3 is 0 Å². The number of hydrogen-bond acceptors (Lipinski definition) is 5. The van der Waals surface area contributed by atoms with Crippen LogP contribution < -0.4 is 16.0 Å². The van der Waals surface area contributed by atoms with Crippen LogP contribution in [0.15, 0.2) is 23.6 Å². The number of nitrogens with one attached hydrogen (secondary N) is 1. The molecule has 2 heterocycles. The molecule has 1 atom stereocenters. The van der Waals surface area contributed by atoms with Crippen molar-refractivity contribution in [1.29, 1.82) is 0 Å². The monoisotopic (exact) mass is 289 g/mol. The van der Waals surface area contributed by atoms with E-state index < -0.39 is 0 Å². The van der Waals surface area contributed by atoms with Gasteiger partial charge in [-0.05, 0) is 25.3 Å². The van der Waals surface area contributed by atoms with Crippen LogP contribution in [-0.4, -0.2) is 11.6 Å². The first-order chi connectivity index (χ1) is 9.78. The van der Waals surface area contributed by atoms with Crippen molar-refractivity contribution in [3.63, 3.8) is 0 Å². The number of fused-ring (bicyclic) bond motifs is 1. The van der Waals surface area contributed by atoms with E-state index in [9.17, 15) is 0 Å². The molecule has 1 aliphatic heterocycles. The van der Waals surface area contributed by atoms with E-state index in [1.807, 2.05) is 6.92 Å². The summed E-state index contributed by atoms with van der Waals surface area (Å²) in [5.41, 5.74) is 6.39. The lowest BCUT2D eigenvalue weighted by Gasteiger charge is -2.24. The second kappa shape index (κ2) is 5.91. The van der Waals surface area contributed by atoms with Gasteiger partial charge in [-0.2, -0.15) is 0 Å². The third kappa shape index (κ3) is 2.70. The van der Waals surface area contributed by atoms with Crippen molar-refractivity contribution < 1.29 is 4.74 Å². The van der Waals surface area contributed by atoms with Gasteiger partial charge in [-0.3, -0.25) is 11.3 Å². The number of aromatic nitrogens is 1. The summed E-state index contributed by atoms with van der Waals surface area (Å²) in [6, 6.07) is 6.35. The van der Waals surface area contributed by atoms with E-state index in [4.69, 9.17) is 10.6 Å². The molecule has 106 valence electrons. The summed E-state index contributed by atoms with van der Waals surface area (Å²) in [6.07, 6.45) is 2.95. The Bertz CT molecular complexity index is 597. The number of nitrogens with zero attached hydrogens (tertiary/aromatic N) is 1. The minimum atomic E-state index is 0.0357. The van der Waals surface area contributed by atoms with Gasteiger partial charge in [0.15, 0.2) is 0 Å². The molecule has 0 saturated carbocycles. The molecule has 0 saturated heterocycles. The lowest BCUT2D eigenvalue weighted by Crippen LogP contribution is -2.30. The molecule has 5 heteroatoms. The molecular formula is C15H19N3OS. The van der Waals surface area contributed by atoms with Crippen LogP contribution in [0.25, 0.3) is 0 Å². The standard InChI is InChI=1S/C15H19N3OS/c1-10-9-20-14(17-10)8-13(18-16)12-6-2-4-11-5-3-7-19-15(11)12/h2,4,6,9,13,18H,3,5,7-8,16H2,1H3. The fourth-order valence-electron chi connectivity index (χ4n) is 2.62. The minimum Gasteiger partial charge on any atom is -0.493 e. The summed E-state index contributed by atoms with van der Waals surface area (Å²) in [5, 5.41) is 3.17. The first kappa shape index (κ1) is 13.5. The van der Waals surface area contributed by atoms with Crippen LogP contribution in [0.5, 0.6) is 5.75 Å². The molecule has 0 fully saturated rings. The summed E-state index contributed by atoms with van der Waals surface area (Å²) in [5.74, 6) is 6.77. The largest absolute Gasteiger partial charge is 0.493 e. The number of para-hydroxylation sites is 1. The Labute approximate surface area is 123 Å². The van der Waals surface area contributed by atoms with Crippen LogP contribution in [0.2, 0.25) is 0 Å². The number of aryl methyl sites for hydroxylation is 2. The van der Waals surface area contributed by atoms with Crippen LogP contribution in [0.1, 0.15) is 34.3 Å². The van der Waals surface area contributed by atoms with Crippen molar-refractivity contribution in [3.8, 4) is 5.75 Å². The van der Waals surface area contributed by atoms with Crippen LogP contribution in [-0.2, 0) is 12.8 Å². The zero-order chi connectivity index (χ0) is 13.9. The Kier molecular flexibility index (Phi) is 4.00. The number of nitrogens with two attached hydrogens (primary N) is 1. The Balaban J connectivity index is 1.89. The first-order valence-corrected chi connectivity index (χ1v) is 7.77. The zero-order valence-corrected chi connectivity index (χ0v) is 12.4. The van der Waals surface area contributed by atoms with Gasteiger partial charge in [0.25, 0.3) is 0 Å². The molecule has 2 aromatic rings. The van der Waals surface area contributed by atoms with Crippen LogP contribution in [0, 0.1) is 6.92 Å². The Hall–Kier alpha value is -1.43. The van der Waals surface area contributed by atoms with E-state index in [-0.39, 0.29) is 6.04 Å². The highest BCUT2D eigenvalue weighted by Gasteiger charge is 2.21. The van der Waals surface area contributed by atoms with Crippen LogP contribution in [0.4, 0.5) is 0 Å². The molecule has 0 amide bonds. The predicted octanol–water partition coefficient (Wildman–Crippen LogP) is 2.52. The third-order valence-corrected chi connectivity index (χ3v) is 4.57. The second-order valence-electron chi connectivity index (χ2n) is 5.09. The second-order valence-corrected chi connectivity index (χ2v) is 6.04. The highest BCUT2D eigenvalue weighted by molar-refractivity contribution is 7.09. The smallest absolute Gasteiger partial charge is 0.127 e. The number of hydrogen-bond donors (Lipinski definition) is 2. The molecule has 0 spiro atoms. The zero-order valence-electron chi connectivity index (χ0n) is 11.6. The fourth-order valence-corrected chi connectivity index (χ4v) is 3.44. The number of ether oxygens (including phenoxy) is 1. The van der Waals surface area contributed by atoms with E-state index >= 15 is 0 Å². The van der Waals surface area contributed by atoms with Crippen molar-refractivity contribution in [2.75, 3.05) is 6.61 Å². The predicted molar refractivity (Wildman–Crippen MR) is 80.9 cm³/mol. The van der Waals surface area contributed by atoms with Gasteiger partial charge in [0, 0.05) is 23.1 Å². The summed E-state index contributed by atoms with van der Waals surface area (Å²) in [6.45, 7) is 2.80. The number of hydrazine groups is 1. The van der Waals surface area contributed by atoms with Crippen molar-refractivity contribution in [3.05, 3.63) is 45.4 Å². The van der Waals surface area contributed by atoms with Crippen molar-refractivity contribution in [2.45, 2.75) is 32.2 Å². The summed E-state index contributed by atoms with van der Waals surface area (Å²) in [4.78, 5) is 4.52. The van der Waals surface area contributed by atoms with E-state index in [2.05, 4.69) is 34.0 Å². The molecular weight excluding hydrogens is 270 g/mol. The van der Waals surface area contributed by atoms with E-state index in [1.165, 1.54) is 5.56 Å². The maximum atomic E-state index is 5.87. The molecule has 1 aromatic heterocycles. The molecule has 1 aliphatic rings. The van der Waals surface area contributed by atoms with Gasteiger partial charge in [0.05, 0.1) is 17.7 Å².